The first-order chi connectivity index (χ1) is 8.18. The van der Waals surface area contributed by atoms with Gasteiger partial charge in [-0.25, -0.2) is 0 Å². The molecule has 0 aliphatic rings. The second kappa shape index (κ2) is 10.3. The molecule has 12 nitrogen and oxygen atoms in total. The van der Waals surface area contributed by atoms with Crippen LogP contribution in [0.15, 0.2) is 0 Å². The van der Waals surface area contributed by atoms with Crippen molar-refractivity contribution in [2.24, 2.45) is 0 Å². The van der Waals surface area contributed by atoms with Crippen LogP contribution in [0.3, 0.4) is 0 Å². The SMILES string of the molecule is O=P([O-])([O-])OP(=O)([O-])OP(=O)([O-])[O-].[CH2-]COC(C)=O.[Ru+6]. The topological polar surface area (TPSA) is 211 Å². The van der Waals surface area contributed by atoms with Gasteiger partial charge < -0.3 is 45.3 Å². The molecule has 16 heteroatoms. The number of esters is 1. The van der Waals surface area contributed by atoms with Crippen LogP contribution in [0, 0.1) is 6.92 Å². The van der Waals surface area contributed by atoms with Crippen LogP contribution < -0.4 is 24.5 Å². The second-order valence-corrected chi connectivity index (χ2v) is 6.33. The van der Waals surface area contributed by atoms with Gasteiger partial charge in [-0.2, -0.15) is 0 Å². The second-order valence-electron chi connectivity index (χ2n) is 2.34. The van der Waals surface area contributed by atoms with Gasteiger partial charge in [-0.1, -0.05) is 0 Å². The summed E-state index contributed by atoms with van der Waals surface area (Å²) in [4.78, 5) is 58.4. The van der Waals surface area contributed by atoms with E-state index in [9.17, 15) is 43.0 Å². The molecule has 0 radical (unpaired) electrons. The Hall–Kier alpha value is 0.503. The summed E-state index contributed by atoms with van der Waals surface area (Å²) >= 11 is 0. The minimum absolute atomic E-state index is 0. The van der Waals surface area contributed by atoms with Crippen molar-refractivity contribution < 1.29 is 75.8 Å². The zero-order chi connectivity index (χ0) is 15.9. The molecule has 0 fully saturated rings. The Balaban J connectivity index is -0.000000352. The fraction of sp³-hybridized carbons (Fsp3) is 0.500. The van der Waals surface area contributed by atoms with E-state index in [4.69, 9.17) is 0 Å². The van der Waals surface area contributed by atoms with Gasteiger partial charge in [0.2, 0.25) is 0 Å². The van der Waals surface area contributed by atoms with E-state index >= 15 is 0 Å². The van der Waals surface area contributed by atoms with Crippen molar-refractivity contribution in [1.29, 1.82) is 0 Å². The largest absolute Gasteiger partial charge is 6.00 e. The summed E-state index contributed by atoms with van der Waals surface area (Å²) in [6.45, 7) is 4.87. The number of hydrogen-bond acceptors (Lipinski definition) is 12. The number of carbonyl (C=O) groups is 1. The first kappa shape index (κ1) is 25.5. The Morgan fingerprint density at radius 3 is 1.40 bits per heavy atom. The standard InChI is InChI=1S/C4H7O2.H5O10P3.Ru/c1-3-6-4(2)5;1-11(2,3)9-13(7,8)10-12(4,5)6;/h1,3H2,2H3;(H,7,8)(H2,1,2,3)(H2,4,5,6);/q-1;;+6/p-5. The Labute approximate surface area is 126 Å². The van der Waals surface area contributed by atoms with Gasteiger partial charge in [-0.3, -0.25) is 18.0 Å². The molecule has 0 saturated carbocycles. The minimum Gasteiger partial charge on any atom is -0.790 e. The Morgan fingerprint density at radius 2 is 1.30 bits per heavy atom. The van der Waals surface area contributed by atoms with Gasteiger partial charge in [0.1, 0.15) is 0 Å². The molecule has 0 aromatic carbocycles. The van der Waals surface area contributed by atoms with Gasteiger partial charge in [-0.05, 0) is 6.61 Å². The summed E-state index contributed by atoms with van der Waals surface area (Å²) in [6, 6.07) is 0. The number of hydrogen-bond donors (Lipinski definition) is 0. The summed E-state index contributed by atoms with van der Waals surface area (Å²) in [6.07, 6.45) is 0. The molecule has 0 heterocycles. The fourth-order valence-electron chi connectivity index (χ4n) is 0.404. The zero-order valence-corrected chi connectivity index (χ0v) is 13.9. The number of carbonyl (C=O) groups excluding carboxylic acids is 1. The van der Waals surface area contributed by atoms with Gasteiger partial charge >= 0.3 is 19.5 Å². The normalized spacial score (nSPS) is 11.8. The monoisotopic (exact) mass is 442 g/mol. The predicted molar refractivity (Wildman–Crippen MR) is 47.0 cm³/mol. The molecule has 0 aliphatic carbocycles. The van der Waals surface area contributed by atoms with E-state index in [0.717, 1.165) is 0 Å². The van der Waals surface area contributed by atoms with Crippen molar-refractivity contribution in [1.82, 2.24) is 0 Å². The number of rotatable bonds is 5. The maximum atomic E-state index is 10.1. The van der Waals surface area contributed by atoms with E-state index in [2.05, 4.69) is 20.3 Å². The van der Waals surface area contributed by atoms with Crippen LogP contribution in [0.1, 0.15) is 6.92 Å². The van der Waals surface area contributed by atoms with Crippen molar-refractivity contribution in [2.45, 2.75) is 6.92 Å². The minimum atomic E-state index is -5.97. The van der Waals surface area contributed by atoms with Crippen LogP contribution in [0.4, 0.5) is 0 Å². The van der Waals surface area contributed by atoms with Crippen molar-refractivity contribution in [2.75, 3.05) is 6.61 Å². The van der Waals surface area contributed by atoms with E-state index in [0.29, 0.717) is 0 Å². The van der Waals surface area contributed by atoms with Crippen molar-refractivity contribution in [3.05, 3.63) is 6.92 Å². The van der Waals surface area contributed by atoms with E-state index in [1.165, 1.54) is 6.92 Å². The molecule has 0 aromatic rings. The van der Waals surface area contributed by atoms with E-state index < -0.39 is 23.5 Å². The van der Waals surface area contributed by atoms with Gasteiger partial charge in [0, 0.05) is 6.92 Å². The Morgan fingerprint density at radius 1 is 1.00 bits per heavy atom. The molecule has 0 spiro atoms. The molecule has 0 N–H and O–H groups in total. The Bertz CT molecular complexity index is 394. The third kappa shape index (κ3) is 23.6. The van der Waals surface area contributed by atoms with Crippen LogP contribution in [0.25, 0.3) is 0 Å². The molecular formula is C4H7O12P3Ru. The maximum absolute atomic E-state index is 10.1. The van der Waals surface area contributed by atoms with Gasteiger partial charge in [0.05, 0.1) is 15.6 Å². The molecule has 0 bridgehead atoms. The molecule has 0 rings (SSSR count). The zero-order valence-electron chi connectivity index (χ0n) is 9.51. The molecule has 0 aliphatic heterocycles. The summed E-state index contributed by atoms with van der Waals surface area (Å²) in [5.74, 6) is -0.273. The Kier molecular flexibility index (Phi) is 13.1. The van der Waals surface area contributed by atoms with Crippen LogP contribution >= 0.6 is 23.5 Å². The van der Waals surface area contributed by atoms with E-state index in [1.54, 1.807) is 0 Å². The average Bonchev–Trinajstić information content (AvgIpc) is 1.92. The van der Waals surface area contributed by atoms with Crippen molar-refractivity contribution in [3.63, 3.8) is 0 Å². The van der Waals surface area contributed by atoms with Crippen LogP contribution in [0.2, 0.25) is 0 Å². The van der Waals surface area contributed by atoms with Gasteiger partial charge in [0.25, 0.3) is 13.8 Å². The molecule has 0 atom stereocenters. The number of phosphoric acid groups is 3. The smallest absolute Gasteiger partial charge is 0.790 e. The molecule has 0 aromatic heterocycles. The van der Waals surface area contributed by atoms with E-state index in [1.807, 2.05) is 0 Å². The quantitative estimate of drug-likeness (QED) is 0.176. The van der Waals surface area contributed by atoms with Crippen LogP contribution in [-0.4, -0.2) is 12.6 Å². The molecule has 20 heavy (non-hydrogen) atoms. The first-order valence-corrected chi connectivity index (χ1v) is 8.27. The summed E-state index contributed by atoms with van der Waals surface area (Å²) in [5.41, 5.74) is 0. The van der Waals surface area contributed by atoms with E-state index in [-0.39, 0.29) is 32.1 Å². The maximum Gasteiger partial charge on any atom is 6.00 e. The van der Waals surface area contributed by atoms with Gasteiger partial charge in [-0.15, -0.1) is 0 Å². The predicted octanol–water partition coefficient (Wildman–Crippen LogP) is -3.47. The molecule has 118 valence electrons. The molecule has 0 amide bonds. The molecule has 0 unspecified atom stereocenters. The van der Waals surface area contributed by atoms with Crippen LogP contribution in [-0.2, 0) is 51.3 Å². The summed E-state index contributed by atoms with van der Waals surface area (Å²) < 4.78 is 39.0. The number of ether oxygens (including phenoxy) is 1. The summed E-state index contributed by atoms with van der Waals surface area (Å²) in [7, 11) is -17.9. The van der Waals surface area contributed by atoms with Crippen molar-refractivity contribution >= 4 is 29.4 Å². The molecular weight excluding hydrogens is 434 g/mol. The molecule has 0 saturated heterocycles. The van der Waals surface area contributed by atoms with Crippen LogP contribution in [0.5, 0.6) is 0 Å². The third-order valence-corrected chi connectivity index (χ3v) is 3.91. The third-order valence-electron chi connectivity index (χ3n) is 0.705. The fourth-order valence-corrected chi connectivity index (χ4v) is 2.75. The first-order valence-electron chi connectivity index (χ1n) is 3.89. The van der Waals surface area contributed by atoms with Crippen molar-refractivity contribution in [3.8, 4) is 0 Å². The average molecular weight is 441 g/mol. The van der Waals surface area contributed by atoms with Gasteiger partial charge in [0.15, 0.2) is 0 Å². The summed E-state index contributed by atoms with van der Waals surface area (Å²) in [5, 5.41) is 0.